The van der Waals surface area contributed by atoms with Crippen LogP contribution in [0.2, 0.25) is 5.02 Å². The Morgan fingerprint density at radius 1 is 1.30 bits per heavy atom. The molecule has 0 aliphatic carbocycles. The molecule has 1 fully saturated rings. The van der Waals surface area contributed by atoms with Gasteiger partial charge in [-0.2, -0.15) is 5.26 Å². The van der Waals surface area contributed by atoms with Gasteiger partial charge in [-0.1, -0.05) is 17.7 Å². The number of nitriles is 1. The largest absolute Gasteiger partial charge is 0.324 e. The maximum absolute atomic E-state index is 13.9. The van der Waals surface area contributed by atoms with Gasteiger partial charge in [-0.05, 0) is 36.4 Å². The van der Waals surface area contributed by atoms with Crippen molar-refractivity contribution in [1.82, 2.24) is 4.90 Å². The van der Waals surface area contributed by atoms with E-state index in [1.54, 1.807) is 24.3 Å². The van der Waals surface area contributed by atoms with E-state index < -0.39 is 11.9 Å². The lowest BCUT2D eigenvalue weighted by molar-refractivity contribution is -0.135. The van der Waals surface area contributed by atoms with Gasteiger partial charge < -0.3 is 10.2 Å². The zero-order valence-corrected chi connectivity index (χ0v) is 15.7. The van der Waals surface area contributed by atoms with E-state index in [4.69, 9.17) is 16.9 Å². The van der Waals surface area contributed by atoms with Crippen LogP contribution in [0.5, 0.6) is 0 Å². The summed E-state index contributed by atoms with van der Waals surface area (Å²) in [6.07, 6.45) is -0.202. The Labute approximate surface area is 165 Å². The molecule has 0 bridgehead atoms. The minimum atomic E-state index is -0.649. The third-order valence-corrected chi connectivity index (χ3v) is 5.54. The monoisotopic (exact) mass is 403 g/mol. The van der Waals surface area contributed by atoms with Crippen molar-refractivity contribution < 1.29 is 14.0 Å². The van der Waals surface area contributed by atoms with Crippen LogP contribution in [0.3, 0.4) is 0 Å². The van der Waals surface area contributed by atoms with E-state index in [0.717, 1.165) is 0 Å². The topological polar surface area (TPSA) is 73.2 Å². The van der Waals surface area contributed by atoms with Gasteiger partial charge >= 0.3 is 0 Å². The van der Waals surface area contributed by atoms with E-state index >= 15 is 0 Å². The summed E-state index contributed by atoms with van der Waals surface area (Å²) in [7, 11) is 0. The van der Waals surface area contributed by atoms with Gasteiger partial charge in [0.2, 0.25) is 11.8 Å². The third-order valence-electron chi connectivity index (χ3n) is 4.18. The van der Waals surface area contributed by atoms with Gasteiger partial charge in [0.25, 0.3) is 0 Å². The highest BCUT2D eigenvalue weighted by Gasteiger charge is 2.35. The van der Waals surface area contributed by atoms with Crippen LogP contribution in [-0.2, 0) is 16.0 Å². The Morgan fingerprint density at radius 2 is 2.04 bits per heavy atom. The lowest BCUT2D eigenvalue weighted by atomic mass is 10.1. The van der Waals surface area contributed by atoms with Crippen molar-refractivity contribution in [3.63, 3.8) is 0 Å². The number of benzene rings is 2. The van der Waals surface area contributed by atoms with Gasteiger partial charge in [0.05, 0.1) is 23.9 Å². The number of nitrogens with zero attached hydrogens (tertiary/aromatic N) is 2. The number of thioether (sulfide) groups is 1. The summed E-state index contributed by atoms with van der Waals surface area (Å²) in [5.41, 5.74) is 1.16. The summed E-state index contributed by atoms with van der Waals surface area (Å²) < 4.78 is 13.9. The van der Waals surface area contributed by atoms with Crippen LogP contribution in [0.25, 0.3) is 0 Å². The van der Waals surface area contributed by atoms with E-state index in [-0.39, 0.29) is 28.8 Å². The zero-order valence-electron chi connectivity index (χ0n) is 14.1. The Morgan fingerprint density at radius 3 is 2.70 bits per heavy atom. The molecule has 0 spiro atoms. The predicted molar refractivity (Wildman–Crippen MR) is 103 cm³/mol. The molecule has 2 aromatic carbocycles. The number of halogens is 2. The molecule has 138 valence electrons. The van der Waals surface area contributed by atoms with E-state index in [9.17, 15) is 14.0 Å². The van der Waals surface area contributed by atoms with Gasteiger partial charge in [-0.15, -0.1) is 11.8 Å². The number of amides is 2. The highest BCUT2D eigenvalue weighted by Crippen LogP contribution is 2.26. The maximum Gasteiger partial charge on any atom is 0.248 e. The summed E-state index contributed by atoms with van der Waals surface area (Å²) in [4.78, 5) is 26.7. The molecule has 0 aromatic heterocycles. The molecule has 8 heteroatoms. The number of rotatable bonds is 4. The van der Waals surface area contributed by atoms with Crippen molar-refractivity contribution in [1.29, 1.82) is 5.26 Å². The number of carbonyl (C=O) groups excluding carboxylic acids is 2. The van der Waals surface area contributed by atoms with Crippen LogP contribution in [0, 0.1) is 17.1 Å². The highest BCUT2D eigenvalue weighted by molar-refractivity contribution is 7.99. The SMILES string of the molecule is N#Cc1ccc(NC(=O)C2CSCN2C(=O)Cc2c(F)cccc2Cl)cc1. The molecule has 0 saturated carbocycles. The minimum absolute atomic E-state index is 0.132. The Kier molecular flexibility index (Phi) is 5.99. The number of nitrogens with one attached hydrogen (secondary N) is 1. The van der Waals surface area contributed by atoms with Crippen LogP contribution in [0.1, 0.15) is 11.1 Å². The summed E-state index contributed by atoms with van der Waals surface area (Å²) in [6.45, 7) is 0. The fourth-order valence-corrected chi connectivity index (χ4v) is 4.12. The summed E-state index contributed by atoms with van der Waals surface area (Å²) in [5, 5.41) is 11.8. The molecule has 1 N–H and O–H groups in total. The molecular formula is C19H15ClFN3O2S. The fraction of sp³-hybridized carbons (Fsp3) is 0.211. The van der Waals surface area contributed by atoms with E-state index in [1.807, 2.05) is 6.07 Å². The van der Waals surface area contributed by atoms with Crippen molar-refractivity contribution in [3.8, 4) is 6.07 Å². The number of carbonyl (C=O) groups is 2. The molecule has 1 aliphatic rings. The van der Waals surface area contributed by atoms with Crippen molar-refractivity contribution in [2.45, 2.75) is 12.5 Å². The van der Waals surface area contributed by atoms with Crippen LogP contribution >= 0.6 is 23.4 Å². The molecule has 1 aliphatic heterocycles. The summed E-state index contributed by atoms with van der Waals surface area (Å²) >= 11 is 7.45. The van der Waals surface area contributed by atoms with Crippen LogP contribution in [-0.4, -0.2) is 34.4 Å². The first-order valence-electron chi connectivity index (χ1n) is 8.10. The third kappa shape index (κ3) is 4.41. The highest BCUT2D eigenvalue weighted by atomic mass is 35.5. The average molecular weight is 404 g/mol. The van der Waals surface area contributed by atoms with Crippen molar-refractivity contribution in [2.75, 3.05) is 16.9 Å². The van der Waals surface area contributed by atoms with Crippen LogP contribution in [0.4, 0.5) is 10.1 Å². The zero-order chi connectivity index (χ0) is 19.4. The maximum atomic E-state index is 13.9. The molecule has 1 heterocycles. The van der Waals surface area contributed by atoms with E-state index in [0.29, 0.717) is 22.9 Å². The number of hydrogen-bond acceptors (Lipinski definition) is 4. The smallest absolute Gasteiger partial charge is 0.248 e. The Hall–Kier alpha value is -2.56. The Bertz CT molecular complexity index is 894. The molecule has 27 heavy (non-hydrogen) atoms. The van der Waals surface area contributed by atoms with Gasteiger partial charge in [0.1, 0.15) is 11.9 Å². The van der Waals surface area contributed by atoms with Crippen LogP contribution in [0.15, 0.2) is 42.5 Å². The second-order valence-electron chi connectivity index (χ2n) is 5.93. The Balaban J connectivity index is 1.69. The predicted octanol–water partition coefficient (Wildman–Crippen LogP) is 3.43. The van der Waals surface area contributed by atoms with Crippen molar-refractivity contribution in [2.24, 2.45) is 0 Å². The van der Waals surface area contributed by atoms with Gasteiger partial charge in [-0.3, -0.25) is 9.59 Å². The average Bonchev–Trinajstić information content (AvgIpc) is 3.15. The first-order valence-corrected chi connectivity index (χ1v) is 9.64. The molecule has 1 saturated heterocycles. The van der Waals surface area contributed by atoms with E-state index in [1.165, 1.54) is 34.9 Å². The minimum Gasteiger partial charge on any atom is -0.324 e. The molecule has 5 nitrogen and oxygen atoms in total. The second-order valence-corrected chi connectivity index (χ2v) is 7.34. The van der Waals surface area contributed by atoms with Gasteiger partial charge in [0, 0.05) is 22.0 Å². The summed E-state index contributed by atoms with van der Waals surface area (Å²) in [5.74, 6) is -0.402. The van der Waals surface area contributed by atoms with Crippen molar-refractivity contribution >= 4 is 40.9 Å². The second kappa shape index (κ2) is 8.42. The van der Waals surface area contributed by atoms with E-state index in [2.05, 4.69) is 5.32 Å². The number of hydrogen-bond donors (Lipinski definition) is 1. The standard InChI is InChI=1S/C19H15ClFN3O2S/c20-15-2-1-3-16(21)14(15)8-18(25)24-11-27-10-17(24)19(26)23-13-6-4-12(9-22)5-7-13/h1-7,17H,8,10-11H2,(H,23,26). The molecule has 2 amide bonds. The fourth-order valence-electron chi connectivity index (χ4n) is 2.71. The number of anilines is 1. The van der Waals surface area contributed by atoms with Crippen molar-refractivity contribution in [3.05, 3.63) is 64.4 Å². The van der Waals surface area contributed by atoms with Crippen LogP contribution < -0.4 is 5.32 Å². The lowest BCUT2D eigenvalue weighted by Crippen LogP contribution is -2.45. The first kappa shape index (κ1) is 19.2. The molecule has 0 radical (unpaired) electrons. The quantitative estimate of drug-likeness (QED) is 0.848. The normalized spacial score (nSPS) is 16.0. The lowest BCUT2D eigenvalue weighted by Gasteiger charge is -2.23. The first-order chi connectivity index (χ1) is 13.0. The van der Waals surface area contributed by atoms with Gasteiger partial charge in [0.15, 0.2) is 0 Å². The molecule has 3 rings (SSSR count). The van der Waals surface area contributed by atoms with Gasteiger partial charge in [-0.25, -0.2) is 4.39 Å². The molecule has 2 aromatic rings. The summed E-state index contributed by atoms with van der Waals surface area (Å²) in [6, 6.07) is 12.1. The molecule has 1 unspecified atom stereocenters. The molecular weight excluding hydrogens is 389 g/mol. The molecule has 1 atom stereocenters.